The van der Waals surface area contributed by atoms with Gasteiger partial charge in [0.25, 0.3) is 11.8 Å². The van der Waals surface area contributed by atoms with Crippen molar-refractivity contribution < 1.29 is 23.5 Å². The second-order valence-corrected chi connectivity index (χ2v) is 5.65. The van der Waals surface area contributed by atoms with E-state index in [0.717, 1.165) is 5.75 Å². The molecule has 0 saturated carbocycles. The van der Waals surface area contributed by atoms with Gasteiger partial charge in [0.05, 0.1) is 18.9 Å². The average molecular weight is 344 g/mol. The van der Waals surface area contributed by atoms with Gasteiger partial charge in [0, 0.05) is 26.2 Å². The molecule has 7 nitrogen and oxygen atoms in total. The maximum Gasteiger partial charge on any atom is 0.260 e. The molecule has 0 spiro atoms. The van der Waals surface area contributed by atoms with Gasteiger partial charge in [0.15, 0.2) is 6.61 Å². The quantitative estimate of drug-likeness (QED) is 0.825. The van der Waals surface area contributed by atoms with E-state index in [0.29, 0.717) is 37.5 Å². The Morgan fingerprint density at radius 1 is 1.00 bits per heavy atom. The highest BCUT2D eigenvalue weighted by atomic mass is 16.5. The van der Waals surface area contributed by atoms with Crippen molar-refractivity contribution in [3.05, 3.63) is 48.4 Å². The topological polar surface area (TPSA) is 72.2 Å². The first kappa shape index (κ1) is 16.9. The third kappa shape index (κ3) is 4.12. The molecule has 2 amide bonds. The van der Waals surface area contributed by atoms with E-state index >= 15 is 0 Å². The lowest BCUT2D eigenvalue weighted by Gasteiger charge is -2.34. The van der Waals surface area contributed by atoms with Gasteiger partial charge in [0.1, 0.15) is 17.8 Å². The first-order valence-electron chi connectivity index (χ1n) is 8.03. The van der Waals surface area contributed by atoms with Gasteiger partial charge in [-0.15, -0.1) is 0 Å². The second-order valence-electron chi connectivity index (χ2n) is 5.65. The zero-order chi connectivity index (χ0) is 17.6. The number of piperazine rings is 1. The molecular formula is C18H20N2O5. The monoisotopic (exact) mass is 344 g/mol. The van der Waals surface area contributed by atoms with Gasteiger partial charge in [0.2, 0.25) is 0 Å². The second kappa shape index (κ2) is 7.74. The van der Waals surface area contributed by atoms with Gasteiger partial charge in [-0.2, -0.15) is 0 Å². The number of carbonyl (C=O) groups is 2. The standard InChI is InChI=1S/C18H20N2O5/c1-23-15-2-4-16(5-3-15)25-13-17(21)19-7-9-20(10-8-19)18(22)14-6-11-24-12-14/h2-6,11-12H,7-10,13H2,1H3. The number of carbonyl (C=O) groups excluding carboxylic acids is 2. The van der Waals surface area contributed by atoms with Crippen LogP contribution in [0.1, 0.15) is 10.4 Å². The molecular weight excluding hydrogens is 324 g/mol. The number of hydrogen-bond acceptors (Lipinski definition) is 5. The Labute approximate surface area is 145 Å². The zero-order valence-corrected chi connectivity index (χ0v) is 14.0. The summed E-state index contributed by atoms with van der Waals surface area (Å²) in [5, 5.41) is 0. The van der Waals surface area contributed by atoms with E-state index in [1.807, 2.05) is 0 Å². The number of hydrogen-bond donors (Lipinski definition) is 0. The molecule has 132 valence electrons. The summed E-state index contributed by atoms with van der Waals surface area (Å²) in [4.78, 5) is 27.9. The first-order chi connectivity index (χ1) is 12.2. The van der Waals surface area contributed by atoms with E-state index in [1.54, 1.807) is 47.2 Å². The van der Waals surface area contributed by atoms with Crippen LogP contribution in [0.2, 0.25) is 0 Å². The summed E-state index contributed by atoms with van der Waals surface area (Å²) in [5.74, 6) is 1.18. The van der Waals surface area contributed by atoms with Crippen LogP contribution in [0.15, 0.2) is 47.3 Å². The van der Waals surface area contributed by atoms with Gasteiger partial charge in [-0.25, -0.2) is 0 Å². The van der Waals surface area contributed by atoms with Crippen LogP contribution in [-0.4, -0.2) is 61.5 Å². The molecule has 1 fully saturated rings. The van der Waals surface area contributed by atoms with Crippen molar-refractivity contribution in [2.45, 2.75) is 0 Å². The van der Waals surface area contributed by atoms with Crippen LogP contribution < -0.4 is 9.47 Å². The Bertz CT molecular complexity index is 704. The predicted octanol–water partition coefficient (Wildman–Crippen LogP) is 1.65. The molecule has 1 aliphatic heterocycles. The maximum atomic E-state index is 12.3. The fourth-order valence-corrected chi connectivity index (χ4v) is 2.64. The molecule has 0 unspecified atom stereocenters. The van der Waals surface area contributed by atoms with Crippen molar-refractivity contribution in [2.24, 2.45) is 0 Å². The van der Waals surface area contributed by atoms with Gasteiger partial charge in [-0.3, -0.25) is 9.59 Å². The van der Waals surface area contributed by atoms with Crippen LogP contribution in [0.25, 0.3) is 0 Å². The van der Waals surface area contributed by atoms with Crippen molar-refractivity contribution in [1.82, 2.24) is 9.80 Å². The molecule has 2 heterocycles. The van der Waals surface area contributed by atoms with Gasteiger partial charge in [-0.05, 0) is 30.3 Å². The van der Waals surface area contributed by atoms with Crippen LogP contribution in [0, 0.1) is 0 Å². The van der Waals surface area contributed by atoms with Crippen molar-refractivity contribution in [3.63, 3.8) is 0 Å². The molecule has 1 saturated heterocycles. The molecule has 1 aromatic carbocycles. The number of ether oxygens (including phenoxy) is 2. The Kier molecular flexibility index (Phi) is 5.23. The molecule has 2 aromatic rings. The Morgan fingerprint density at radius 3 is 2.24 bits per heavy atom. The molecule has 25 heavy (non-hydrogen) atoms. The normalized spacial score (nSPS) is 14.3. The fraction of sp³-hybridized carbons (Fsp3) is 0.333. The van der Waals surface area contributed by atoms with Gasteiger partial charge < -0.3 is 23.7 Å². The Balaban J connectivity index is 1.45. The van der Waals surface area contributed by atoms with Gasteiger partial charge >= 0.3 is 0 Å². The molecule has 1 aromatic heterocycles. The summed E-state index contributed by atoms with van der Waals surface area (Å²) >= 11 is 0. The highest BCUT2D eigenvalue weighted by Crippen LogP contribution is 2.17. The summed E-state index contributed by atoms with van der Waals surface area (Å²) in [6, 6.07) is 8.71. The highest BCUT2D eigenvalue weighted by molar-refractivity contribution is 5.94. The lowest BCUT2D eigenvalue weighted by molar-refractivity contribution is -0.134. The summed E-state index contributed by atoms with van der Waals surface area (Å²) in [7, 11) is 1.59. The average Bonchev–Trinajstić information content (AvgIpc) is 3.21. The first-order valence-corrected chi connectivity index (χ1v) is 8.03. The van der Waals surface area contributed by atoms with Crippen LogP contribution in [-0.2, 0) is 4.79 Å². The van der Waals surface area contributed by atoms with Crippen molar-refractivity contribution >= 4 is 11.8 Å². The lowest BCUT2D eigenvalue weighted by Crippen LogP contribution is -2.51. The van der Waals surface area contributed by atoms with Crippen molar-refractivity contribution in [3.8, 4) is 11.5 Å². The largest absolute Gasteiger partial charge is 0.497 e. The van der Waals surface area contributed by atoms with Gasteiger partial charge in [-0.1, -0.05) is 0 Å². The number of rotatable bonds is 5. The maximum absolute atomic E-state index is 12.3. The molecule has 3 rings (SSSR count). The van der Waals surface area contributed by atoms with Crippen molar-refractivity contribution in [1.29, 1.82) is 0 Å². The van der Waals surface area contributed by atoms with E-state index in [1.165, 1.54) is 12.5 Å². The molecule has 0 N–H and O–H groups in total. The third-order valence-electron chi connectivity index (χ3n) is 4.11. The van der Waals surface area contributed by atoms with Crippen LogP contribution in [0.4, 0.5) is 0 Å². The van der Waals surface area contributed by atoms with E-state index in [4.69, 9.17) is 13.9 Å². The summed E-state index contributed by atoms with van der Waals surface area (Å²) in [6.07, 6.45) is 2.91. The van der Waals surface area contributed by atoms with E-state index in [2.05, 4.69) is 0 Å². The Morgan fingerprint density at radius 2 is 1.64 bits per heavy atom. The number of nitrogens with zero attached hydrogens (tertiary/aromatic N) is 2. The molecule has 0 aliphatic carbocycles. The zero-order valence-electron chi connectivity index (χ0n) is 14.0. The predicted molar refractivity (Wildman–Crippen MR) is 89.7 cm³/mol. The minimum absolute atomic E-state index is 0.0258. The molecule has 0 bridgehead atoms. The Hall–Kier alpha value is -2.96. The van der Waals surface area contributed by atoms with E-state index in [-0.39, 0.29) is 18.4 Å². The van der Waals surface area contributed by atoms with Crippen molar-refractivity contribution in [2.75, 3.05) is 39.9 Å². The van der Waals surface area contributed by atoms with Crippen LogP contribution in [0.3, 0.4) is 0 Å². The molecule has 7 heteroatoms. The number of amides is 2. The van der Waals surface area contributed by atoms with E-state index < -0.39 is 0 Å². The molecule has 0 radical (unpaired) electrons. The van der Waals surface area contributed by atoms with Crippen LogP contribution >= 0.6 is 0 Å². The number of benzene rings is 1. The van der Waals surface area contributed by atoms with Crippen LogP contribution in [0.5, 0.6) is 11.5 Å². The minimum atomic E-state index is -0.0915. The fourth-order valence-electron chi connectivity index (χ4n) is 2.64. The van der Waals surface area contributed by atoms with E-state index in [9.17, 15) is 9.59 Å². The highest BCUT2D eigenvalue weighted by Gasteiger charge is 2.25. The SMILES string of the molecule is COc1ccc(OCC(=O)N2CCN(C(=O)c3ccoc3)CC2)cc1. The summed E-state index contributed by atoms with van der Waals surface area (Å²) in [6.45, 7) is 1.96. The summed E-state index contributed by atoms with van der Waals surface area (Å²) < 4.78 is 15.5. The molecule has 1 aliphatic rings. The third-order valence-corrected chi connectivity index (χ3v) is 4.11. The number of furan rings is 1. The summed E-state index contributed by atoms with van der Waals surface area (Å²) in [5.41, 5.74) is 0.530. The lowest BCUT2D eigenvalue weighted by atomic mass is 10.2. The number of methoxy groups -OCH3 is 1. The molecule has 0 atom stereocenters. The smallest absolute Gasteiger partial charge is 0.260 e. The minimum Gasteiger partial charge on any atom is -0.497 e.